The number of terminal acetylenes is 1. The molecule has 2 N–H and O–H groups in total. The van der Waals surface area contributed by atoms with Gasteiger partial charge in [0.05, 0.1) is 12.0 Å². The summed E-state index contributed by atoms with van der Waals surface area (Å²) in [6.07, 6.45) is 7.87. The number of thiophene rings is 1. The molecule has 1 aliphatic carbocycles. The second-order valence-corrected chi connectivity index (χ2v) is 5.58. The highest BCUT2D eigenvalue weighted by molar-refractivity contribution is 7.08. The molecular formula is C15H18N2OS. The van der Waals surface area contributed by atoms with Gasteiger partial charge in [-0.1, -0.05) is 12.0 Å². The Morgan fingerprint density at radius 2 is 2.58 bits per heavy atom. The van der Waals surface area contributed by atoms with Gasteiger partial charge in [0.2, 0.25) is 5.91 Å². The summed E-state index contributed by atoms with van der Waals surface area (Å²) in [6.45, 7) is 5.00. The van der Waals surface area contributed by atoms with Gasteiger partial charge in [-0.15, -0.1) is 13.0 Å². The number of nitrogens with zero attached hydrogens (tertiary/aromatic N) is 1. The molecule has 0 bridgehead atoms. The lowest BCUT2D eigenvalue weighted by Crippen LogP contribution is -2.41. The van der Waals surface area contributed by atoms with Crippen molar-refractivity contribution in [1.29, 1.82) is 0 Å². The lowest BCUT2D eigenvalue weighted by molar-refractivity contribution is -0.133. The van der Waals surface area contributed by atoms with Crippen LogP contribution in [0.4, 0.5) is 0 Å². The Morgan fingerprint density at radius 3 is 3.05 bits per heavy atom. The summed E-state index contributed by atoms with van der Waals surface area (Å²) >= 11 is 1.60. The number of rotatable bonds is 6. The quantitative estimate of drug-likeness (QED) is 0.633. The van der Waals surface area contributed by atoms with E-state index < -0.39 is 5.41 Å². The van der Waals surface area contributed by atoms with Crippen LogP contribution in [0.15, 0.2) is 29.5 Å². The van der Waals surface area contributed by atoms with E-state index in [0.29, 0.717) is 19.6 Å². The largest absolute Gasteiger partial charge is 0.330 e. The summed E-state index contributed by atoms with van der Waals surface area (Å²) in [5.74, 6) is 2.84. The van der Waals surface area contributed by atoms with Gasteiger partial charge >= 0.3 is 0 Å². The van der Waals surface area contributed by atoms with Gasteiger partial charge in [-0.2, -0.15) is 11.3 Å². The first-order valence-corrected chi connectivity index (χ1v) is 7.21. The van der Waals surface area contributed by atoms with Gasteiger partial charge < -0.3 is 10.6 Å². The van der Waals surface area contributed by atoms with Crippen LogP contribution >= 0.6 is 11.3 Å². The molecule has 1 fully saturated rings. The Balaban J connectivity index is 2.28. The molecule has 2 atom stereocenters. The molecule has 0 aromatic carbocycles. The van der Waals surface area contributed by atoms with Crippen molar-refractivity contribution in [2.24, 2.45) is 11.7 Å². The Bertz CT molecular complexity index is 503. The van der Waals surface area contributed by atoms with Crippen molar-refractivity contribution in [2.75, 3.05) is 19.6 Å². The van der Waals surface area contributed by atoms with Gasteiger partial charge in [0, 0.05) is 6.54 Å². The molecule has 1 aromatic rings. The fourth-order valence-corrected chi connectivity index (χ4v) is 3.38. The Kier molecular flexibility index (Phi) is 4.08. The van der Waals surface area contributed by atoms with Crippen LogP contribution in [0.2, 0.25) is 0 Å². The van der Waals surface area contributed by atoms with Crippen LogP contribution in [0.1, 0.15) is 12.0 Å². The molecular weight excluding hydrogens is 256 g/mol. The number of hydrogen-bond donors (Lipinski definition) is 1. The minimum absolute atomic E-state index is 0.0826. The molecule has 1 saturated carbocycles. The fourth-order valence-electron chi connectivity index (χ4n) is 2.64. The maximum Gasteiger partial charge on any atom is 0.234 e. The SMILES string of the molecule is C#CCN(CC=C)C(=O)[C@@]1(c2ccsc2)C[C@H]1CN. The normalized spacial score (nSPS) is 24.5. The Morgan fingerprint density at radius 1 is 1.79 bits per heavy atom. The van der Waals surface area contributed by atoms with Gasteiger partial charge in [-0.3, -0.25) is 4.79 Å². The predicted octanol–water partition coefficient (Wildman–Crippen LogP) is 1.61. The molecule has 100 valence electrons. The van der Waals surface area contributed by atoms with Crippen molar-refractivity contribution in [3.05, 3.63) is 35.0 Å². The van der Waals surface area contributed by atoms with E-state index in [4.69, 9.17) is 12.2 Å². The van der Waals surface area contributed by atoms with E-state index in [0.717, 1.165) is 12.0 Å². The van der Waals surface area contributed by atoms with E-state index in [1.807, 2.05) is 16.8 Å². The third-order valence-electron chi connectivity index (χ3n) is 3.73. The highest BCUT2D eigenvalue weighted by Crippen LogP contribution is 2.55. The summed E-state index contributed by atoms with van der Waals surface area (Å²) < 4.78 is 0. The highest BCUT2D eigenvalue weighted by Gasteiger charge is 2.61. The molecule has 19 heavy (non-hydrogen) atoms. The Hall–Kier alpha value is -1.57. The van der Waals surface area contributed by atoms with Gasteiger partial charge in [-0.05, 0) is 41.3 Å². The van der Waals surface area contributed by atoms with Gasteiger partial charge in [0.1, 0.15) is 0 Å². The average molecular weight is 274 g/mol. The van der Waals surface area contributed by atoms with Crippen LogP contribution in [-0.2, 0) is 10.2 Å². The maximum atomic E-state index is 12.8. The lowest BCUT2D eigenvalue weighted by atomic mass is 9.94. The van der Waals surface area contributed by atoms with E-state index in [-0.39, 0.29) is 11.8 Å². The van der Waals surface area contributed by atoms with Gasteiger partial charge in [0.15, 0.2) is 0 Å². The molecule has 0 saturated heterocycles. The smallest absolute Gasteiger partial charge is 0.234 e. The minimum atomic E-state index is -0.450. The van der Waals surface area contributed by atoms with Crippen LogP contribution in [0.25, 0.3) is 0 Å². The van der Waals surface area contributed by atoms with Crippen LogP contribution < -0.4 is 5.73 Å². The maximum absolute atomic E-state index is 12.8. The van der Waals surface area contributed by atoms with E-state index >= 15 is 0 Å². The number of hydrogen-bond acceptors (Lipinski definition) is 3. The summed E-state index contributed by atoms with van der Waals surface area (Å²) in [5, 5.41) is 4.03. The molecule has 1 aromatic heterocycles. The first-order valence-electron chi connectivity index (χ1n) is 6.27. The molecule has 1 amide bonds. The van der Waals surface area contributed by atoms with Crippen molar-refractivity contribution in [3.63, 3.8) is 0 Å². The summed E-state index contributed by atoms with van der Waals surface area (Å²) in [4.78, 5) is 14.5. The first-order chi connectivity index (χ1) is 9.20. The topological polar surface area (TPSA) is 46.3 Å². The van der Waals surface area contributed by atoms with Crippen molar-refractivity contribution >= 4 is 17.2 Å². The highest BCUT2D eigenvalue weighted by atomic mass is 32.1. The van der Waals surface area contributed by atoms with E-state index in [1.54, 1.807) is 22.3 Å². The average Bonchev–Trinajstić information content (AvgIpc) is 2.90. The zero-order valence-electron chi connectivity index (χ0n) is 10.8. The van der Waals surface area contributed by atoms with Crippen molar-refractivity contribution in [1.82, 2.24) is 4.90 Å². The number of nitrogens with two attached hydrogens (primary N) is 1. The van der Waals surface area contributed by atoms with Crippen molar-refractivity contribution in [3.8, 4) is 12.3 Å². The predicted molar refractivity (Wildman–Crippen MR) is 78.8 cm³/mol. The second kappa shape index (κ2) is 5.60. The summed E-state index contributed by atoms with van der Waals surface area (Å²) in [6, 6.07) is 2.01. The van der Waals surface area contributed by atoms with Gasteiger partial charge in [-0.25, -0.2) is 0 Å². The standard InChI is InChI=1S/C15H18N2OS/c1-3-6-17(7-4-2)14(18)15(9-13(15)10-16)12-5-8-19-11-12/h1,4-5,8,11,13H,2,6-7,9-10,16H2/t13-,15+/m0/s1. The van der Waals surface area contributed by atoms with E-state index in [2.05, 4.69) is 12.5 Å². The van der Waals surface area contributed by atoms with Crippen LogP contribution in [0.5, 0.6) is 0 Å². The second-order valence-electron chi connectivity index (χ2n) is 4.80. The molecule has 0 aliphatic heterocycles. The number of carbonyl (C=O) groups excluding carboxylic acids is 1. The van der Waals surface area contributed by atoms with Crippen LogP contribution in [-0.4, -0.2) is 30.4 Å². The molecule has 2 rings (SSSR count). The Labute approximate surface area is 118 Å². The fraction of sp³-hybridized carbons (Fsp3) is 0.400. The third-order valence-corrected chi connectivity index (χ3v) is 4.41. The minimum Gasteiger partial charge on any atom is -0.330 e. The van der Waals surface area contributed by atoms with E-state index in [1.165, 1.54) is 0 Å². The number of carbonyl (C=O) groups is 1. The summed E-state index contributed by atoms with van der Waals surface area (Å²) in [7, 11) is 0. The molecule has 4 heteroatoms. The molecule has 0 spiro atoms. The van der Waals surface area contributed by atoms with Crippen LogP contribution in [0.3, 0.4) is 0 Å². The van der Waals surface area contributed by atoms with Crippen LogP contribution in [0, 0.1) is 18.3 Å². The van der Waals surface area contributed by atoms with Crippen molar-refractivity contribution in [2.45, 2.75) is 11.8 Å². The lowest BCUT2D eigenvalue weighted by Gasteiger charge is -2.25. The molecule has 0 unspecified atom stereocenters. The monoisotopic (exact) mass is 274 g/mol. The zero-order chi connectivity index (χ0) is 13.9. The molecule has 0 radical (unpaired) electrons. The third kappa shape index (κ3) is 2.32. The zero-order valence-corrected chi connectivity index (χ0v) is 11.7. The molecule has 3 nitrogen and oxygen atoms in total. The van der Waals surface area contributed by atoms with E-state index in [9.17, 15) is 4.79 Å². The van der Waals surface area contributed by atoms with Gasteiger partial charge in [0.25, 0.3) is 0 Å². The summed E-state index contributed by atoms with van der Waals surface area (Å²) in [5.41, 5.74) is 6.40. The first kappa shape index (κ1) is 13.9. The molecule has 1 heterocycles. The van der Waals surface area contributed by atoms with Crippen molar-refractivity contribution < 1.29 is 4.79 Å². The molecule has 1 aliphatic rings. The number of amides is 1.